The molecule has 7 nitrogen and oxygen atoms in total. The van der Waals surface area contributed by atoms with E-state index >= 15 is 0 Å². The first-order valence-electron chi connectivity index (χ1n) is 11.8. The van der Waals surface area contributed by atoms with Gasteiger partial charge in [-0.1, -0.05) is 30.3 Å². The Labute approximate surface area is 204 Å². The highest BCUT2D eigenvalue weighted by Gasteiger charge is 2.25. The van der Waals surface area contributed by atoms with Crippen LogP contribution >= 0.6 is 0 Å². The molecule has 1 aliphatic rings. The van der Waals surface area contributed by atoms with Gasteiger partial charge in [0.2, 0.25) is 0 Å². The second-order valence-electron chi connectivity index (χ2n) is 8.67. The molecule has 2 amide bonds. The van der Waals surface area contributed by atoms with Gasteiger partial charge in [0.25, 0.3) is 11.8 Å². The van der Waals surface area contributed by atoms with Gasteiger partial charge < -0.3 is 14.5 Å². The number of nitrogens with zero attached hydrogens (tertiary/aromatic N) is 4. The molecule has 4 aromatic rings. The molecule has 1 fully saturated rings. The fraction of sp³-hybridized carbons (Fsp3) is 0.250. The van der Waals surface area contributed by atoms with Crippen LogP contribution in [0.4, 0.5) is 0 Å². The van der Waals surface area contributed by atoms with Gasteiger partial charge in [0, 0.05) is 37.4 Å². The Morgan fingerprint density at radius 2 is 1.51 bits per heavy atom. The first-order chi connectivity index (χ1) is 17.1. The van der Waals surface area contributed by atoms with E-state index in [2.05, 4.69) is 4.57 Å². The number of aryl methyl sites for hydroxylation is 1. The standard InChI is InChI=1S/C28H28N4O3/c1-20-29-24-19-21(13-14-25(24)32(20)22-9-4-3-5-10-22)27(33)30-15-8-16-31(18-17-30)28(34)23-11-6-7-12-26(23)35-2/h3-7,9-14,19H,8,15-18H2,1-2H3. The van der Waals surface area contributed by atoms with Crippen molar-refractivity contribution in [3.8, 4) is 11.4 Å². The number of fused-ring (bicyclic) bond motifs is 1. The number of hydrogen-bond donors (Lipinski definition) is 0. The smallest absolute Gasteiger partial charge is 0.257 e. The monoisotopic (exact) mass is 468 g/mol. The number of benzene rings is 3. The van der Waals surface area contributed by atoms with Crippen molar-refractivity contribution in [2.45, 2.75) is 13.3 Å². The molecule has 7 heteroatoms. The Balaban J connectivity index is 1.33. The molecule has 0 bridgehead atoms. The number of imidazole rings is 1. The van der Waals surface area contributed by atoms with E-state index < -0.39 is 0 Å². The van der Waals surface area contributed by atoms with Gasteiger partial charge in [-0.25, -0.2) is 4.98 Å². The summed E-state index contributed by atoms with van der Waals surface area (Å²) in [6.07, 6.45) is 0.719. The first kappa shape index (κ1) is 22.7. The Bertz CT molecular complexity index is 1380. The largest absolute Gasteiger partial charge is 0.496 e. The zero-order valence-electron chi connectivity index (χ0n) is 20.0. The molecule has 0 N–H and O–H groups in total. The van der Waals surface area contributed by atoms with Crippen molar-refractivity contribution < 1.29 is 14.3 Å². The van der Waals surface area contributed by atoms with Crippen LogP contribution in [0, 0.1) is 6.92 Å². The molecule has 2 heterocycles. The van der Waals surface area contributed by atoms with E-state index in [0.29, 0.717) is 43.1 Å². The SMILES string of the molecule is COc1ccccc1C(=O)N1CCCN(C(=O)c2ccc3c(c2)nc(C)n3-c2ccccc2)CC1. The van der Waals surface area contributed by atoms with E-state index in [1.807, 2.05) is 72.5 Å². The number of amides is 2. The molecule has 0 radical (unpaired) electrons. The molecule has 1 saturated heterocycles. The lowest BCUT2D eigenvalue weighted by atomic mass is 10.1. The van der Waals surface area contributed by atoms with Crippen molar-refractivity contribution in [1.29, 1.82) is 0 Å². The molecule has 0 unspecified atom stereocenters. The Kier molecular flexibility index (Phi) is 6.23. The second kappa shape index (κ2) is 9.62. The summed E-state index contributed by atoms with van der Waals surface area (Å²) in [7, 11) is 1.57. The summed E-state index contributed by atoms with van der Waals surface area (Å²) in [5, 5.41) is 0. The molecule has 0 spiro atoms. The molecule has 178 valence electrons. The average Bonchev–Trinajstić information content (AvgIpc) is 3.05. The van der Waals surface area contributed by atoms with Crippen LogP contribution in [0.3, 0.4) is 0 Å². The number of carbonyl (C=O) groups excluding carboxylic acids is 2. The maximum absolute atomic E-state index is 13.4. The van der Waals surface area contributed by atoms with Crippen LogP contribution in [0.1, 0.15) is 33.0 Å². The highest BCUT2D eigenvalue weighted by molar-refractivity contribution is 5.98. The summed E-state index contributed by atoms with van der Waals surface area (Å²) in [5.41, 5.74) is 3.96. The highest BCUT2D eigenvalue weighted by Crippen LogP contribution is 2.24. The van der Waals surface area contributed by atoms with Gasteiger partial charge in [0.15, 0.2) is 0 Å². The minimum Gasteiger partial charge on any atom is -0.496 e. The maximum atomic E-state index is 13.4. The van der Waals surface area contributed by atoms with Crippen molar-refractivity contribution >= 4 is 22.8 Å². The van der Waals surface area contributed by atoms with Gasteiger partial charge in [0.05, 0.1) is 23.7 Å². The number of methoxy groups -OCH3 is 1. The zero-order valence-corrected chi connectivity index (χ0v) is 20.0. The maximum Gasteiger partial charge on any atom is 0.257 e. The lowest BCUT2D eigenvalue weighted by Crippen LogP contribution is -2.37. The van der Waals surface area contributed by atoms with Crippen LogP contribution < -0.4 is 4.74 Å². The summed E-state index contributed by atoms with van der Waals surface area (Å²) < 4.78 is 7.45. The van der Waals surface area contributed by atoms with Gasteiger partial charge in [-0.15, -0.1) is 0 Å². The molecule has 3 aromatic carbocycles. The third-order valence-electron chi connectivity index (χ3n) is 6.49. The summed E-state index contributed by atoms with van der Waals surface area (Å²) in [6.45, 7) is 4.13. The number of rotatable bonds is 4. The van der Waals surface area contributed by atoms with Gasteiger partial charge in [-0.2, -0.15) is 0 Å². The van der Waals surface area contributed by atoms with Crippen molar-refractivity contribution in [2.75, 3.05) is 33.3 Å². The van der Waals surface area contributed by atoms with E-state index in [9.17, 15) is 9.59 Å². The fourth-order valence-electron chi connectivity index (χ4n) is 4.73. The van der Waals surface area contributed by atoms with E-state index in [1.54, 1.807) is 24.1 Å². The van der Waals surface area contributed by atoms with Gasteiger partial charge in [-0.05, 0) is 55.8 Å². The Hall–Kier alpha value is -4.13. The van der Waals surface area contributed by atoms with Crippen LogP contribution in [-0.2, 0) is 0 Å². The van der Waals surface area contributed by atoms with Crippen LogP contribution in [0.2, 0.25) is 0 Å². The van der Waals surface area contributed by atoms with Crippen molar-refractivity contribution in [3.05, 3.63) is 89.7 Å². The molecular weight excluding hydrogens is 440 g/mol. The minimum absolute atomic E-state index is 0.0367. The summed E-state index contributed by atoms with van der Waals surface area (Å²) in [6, 6.07) is 23.0. The number of ether oxygens (including phenoxy) is 1. The van der Waals surface area contributed by atoms with Gasteiger partial charge >= 0.3 is 0 Å². The van der Waals surface area contributed by atoms with E-state index in [-0.39, 0.29) is 11.8 Å². The molecule has 0 aliphatic carbocycles. The first-order valence-corrected chi connectivity index (χ1v) is 11.8. The molecule has 0 atom stereocenters. The molecule has 35 heavy (non-hydrogen) atoms. The average molecular weight is 469 g/mol. The highest BCUT2D eigenvalue weighted by atomic mass is 16.5. The number of hydrogen-bond acceptors (Lipinski definition) is 4. The summed E-state index contributed by atoms with van der Waals surface area (Å²) >= 11 is 0. The van der Waals surface area contributed by atoms with Crippen LogP contribution in [0.15, 0.2) is 72.8 Å². The third-order valence-corrected chi connectivity index (χ3v) is 6.49. The summed E-state index contributed by atoms with van der Waals surface area (Å²) in [5.74, 6) is 1.33. The van der Waals surface area contributed by atoms with Crippen LogP contribution in [0.25, 0.3) is 16.7 Å². The van der Waals surface area contributed by atoms with Crippen LogP contribution in [-0.4, -0.2) is 64.5 Å². The normalized spacial score (nSPS) is 14.1. The Morgan fingerprint density at radius 3 is 2.26 bits per heavy atom. The van der Waals surface area contributed by atoms with E-state index in [1.165, 1.54) is 0 Å². The van der Waals surface area contributed by atoms with Gasteiger partial charge in [0.1, 0.15) is 11.6 Å². The number of carbonyl (C=O) groups is 2. The lowest BCUT2D eigenvalue weighted by Gasteiger charge is -2.23. The molecular formula is C28H28N4O3. The summed E-state index contributed by atoms with van der Waals surface area (Å²) in [4.78, 5) is 34.8. The lowest BCUT2D eigenvalue weighted by molar-refractivity contribution is 0.0717. The van der Waals surface area contributed by atoms with Crippen molar-refractivity contribution in [3.63, 3.8) is 0 Å². The van der Waals surface area contributed by atoms with Crippen molar-refractivity contribution in [2.24, 2.45) is 0 Å². The predicted octanol–water partition coefficient (Wildman–Crippen LogP) is 4.33. The number of aromatic nitrogens is 2. The second-order valence-corrected chi connectivity index (χ2v) is 8.67. The van der Waals surface area contributed by atoms with Crippen molar-refractivity contribution in [1.82, 2.24) is 19.4 Å². The Morgan fingerprint density at radius 1 is 0.829 bits per heavy atom. The minimum atomic E-state index is -0.0694. The molecule has 5 rings (SSSR count). The number of para-hydroxylation sites is 2. The topological polar surface area (TPSA) is 67.7 Å². The predicted molar refractivity (Wildman–Crippen MR) is 135 cm³/mol. The van der Waals surface area contributed by atoms with E-state index in [4.69, 9.17) is 9.72 Å². The molecule has 0 saturated carbocycles. The van der Waals surface area contributed by atoms with Gasteiger partial charge in [-0.3, -0.25) is 14.2 Å². The quantitative estimate of drug-likeness (QED) is 0.447. The fourth-order valence-corrected chi connectivity index (χ4v) is 4.73. The zero-order chi connectivity index (χ0) is 24.4. The van der Waals surface area contributed by atoms with E-state index in [0.717, 1.165) is 29.0 Å². The van der Waals surface area contributed by atoms with Crippen LogP contribution in [0.5, 0.6) is 5.75 Å². The molecule has 1 aromatic heterocycles. The third kappa shape index (κ3) is 4.37. The molecule has 1 aliphatic heterocycles.